The van der Waals surface area contributed by atoms with Gasteiger partial charge in [-0.3, -0.25) is 4.79 Å². The third kappa shape index (κ3) is 6.58. The predicted octanol–water partition coefficient (Wildman–Crippen LogP) is 3.20. The largest absolute Gasteiger partial charge is 0.496 e. The van der Waals surface area contributed by atoms with Crippen LogP contribution in [0.2, 0.25) is 0 Å². The number of amides is 1. The maximum absolute atomic E-state index is 13.0. The average molecular weight is 419 g/mol. The number of hydrogen-bond acceptors (Lipinski definition) is 4. The van der Waals surface area contributed by atoms with Gasteiger partial charge in [-0.15, -0.1) is 0 Å². The Morgan fingerprint density at radius 3 is 2.41 bits per heavy atom. The Bertz CT molecular complexity index is 914. The molecule has 29 heavy (non-hydrogen) atoms. The Morgan fingerprint density at radius 2 is 1.83 bits per heavy atom. The fraction of sp³-hybridized carbons (Fsp3) is 0.409. The molecule has 2 N–H and O–H groups in total. The van der Waals surface area contributed by atoms with Crippen molar-refractivity contribution in [2.24, 2.45) is 0 Å². The number of carbonyl (C=O) groups excluding carboxylic acids is 1. The molecule has 2 atom stereocenters. The topological polar surface area (TPSA) is 84.5 Å². The van der Waals surface area contributed by atoms with Crippen molar-refractivity contribution in [3.8, 4) is 5.75 Å². The SMILES string of the molecule is CCCC(C)NC(=O)C(Cc1ccccc1)NS(=O)(=O)c1ccc(OC)c(C)c1. The van der Waals surface area contributed by atoms with E-state index in [1.807, 2.05) is 44.2 Å². The summed E-state index contributed by atoms with van der Waals surface area (Å²) in [6.45, 7) is 5.74. The zero-order valence-corrected chi connectivity index (χ0v) is 18.3. The van der Waals surface area contributed by atoms with Crippen LogP contribution in [0, 0.1) is 6.92 Å². The minimum Gasteiger partial charge on any atom is -0.496 e. The van der Waals surface area contributed by atoms with Crippen molar-refractivity contribution in [3.63, 3.8) is 0 Å². The number of sulfonamides is 1. The monoisotopic (exact) mass is 418 g/mol. The molecule has 2 unspecified atom stereocenters. The van der Waals surface area contributed by atoms with Crippen LogP contribution in [0.5, 0.6) is 5.75 Å². The van der Waals surface area contributed by atoms with Gasteiger partial charge in [-0.2, -0.15) is 4.72 Å². The van der Waals surface area contributed by atoms with E-state index in [-0.39, 0.29) is 23.3 Å². The molecule has 0 aliphatic heterocycles. The van der Waals surface area contributed by atoms with E-state index in [4.69, 9.17) is 4.74 Å². The fourth-order valence-corrected chi connectivity index (χ4v) is 4.44. The number of ether oxygens (including phenoxy) is 1. The molecule has 2 aromatic carbocycles. The summed E-state index contributed by atoms with van der Waals surface area (Å²) in [7, 11) is -2.35. The third-order valence-corrected chi connectivity index (χ3v) is 6.15. The van der Waals surface area contributed by atoms with Crippen molar-refractivity contribution < 1.29 is 17.9 Å². The van der Waals surface area contributed by atoms with Crippen LogP contribution >= 0.6 is 0 Å². The van der Waals surface area contributed by atoms with E-state index in [9.17, 15) is 13.2 Å². The first kappa shape index (κ1) is 22.9. The second-order valence-electron chi connectivity index (χ2n) is 7.19. The zero-order valence-electron chi connectivity index (χ0n) is 17.4. The van der Waals surface area contributed by atoms with Crippen LogP contribution in [0.15, 0.2) is 53.4 Å². The Kier molecular flexibility index (Phi) is 8.22. The summed E-state index contributed by atoms with van der Waals surface area (Å²) in [5.41, 5.74) is 1.58. The molecule has 0 bridgehead atoms. The lowest BCUT2D eigenvalue weighted by atomic mass is 10.1. The van der Waals surface area contributed by atoms with Crippen molar-refractivity contribution in [2.75, 3.05) is 7.11 Å². The van der Waals surface area contributed by atoms with Gasteiger partial charge in [0, 0.05) is 6.04 Å². The number of nitrogens with one attached hydrogen (secondary N) is 2. The van der Waals surface area contributed by atoms with Gasteiger partial charge in [-0.1, -0.05) is 43.7 Å². The standard InChI is InChI=1S/C22H30N2O4S/c1-5-9-17(3)23-22(25)20(15-18-10-7-6-8-11-18)24-29(26,27)19-12-13-21(28-4)16(2)14-19/h6-8,10-14,17,20,24H,5,9,15H2,1-4H3,(H,23,25). The number of rotatable bonds is 10. The summed E-state index contributed by atoms with van der Waals surface area (Å²) in [5.74, 6) is 0.277. The number of hydrogen-bond donors (Lipinski definition) is 2. The molecule has 1 amide bonds. The van der Waals surface area contributed by atoms with Gasteiger partial charge in [0.05, 0.1) is 12.0 Å². The van der Waals surface area contributed by atoms with E-state index in [1.54, 1.807) is 19.1 Å². The quantitative estimate of drug-likeness (QED) is 0.621. The lowest BCUT2D eigenvalue weighted by Gasteiger charge is -2.21. The van der Waals surface area contributed by atoms with Crippen LogP contribution in [0.3, 0.4) is 0 Å². The Hall–Kier alpha value is -2.38. The minimum absolute atomic E-state index is 0.0292. The maximum Gasteiger partial charge on any atom is 0.241 e. The van der Waals surface area contributed by atoms with Gasteiger partial charge < -0.3 is 10.1 Å². The predicted molar refractivity (Wildman–Crippen MR) is 114 cm³/mol. The Labute approximate surface area is 173 Å². The second kappa shape index (κ2) is 10.4. The van der Waals surface area contributed by atoms with Crippen LogP contribution in [-0.4, -0.2) is 33.5 Å². The van der Waals surface area contributed by atoms with E-state index in [1.165, 1.54) is 13.2 Å². The minimum atomic E-state index is -3.89. The molecule has 0 radical (unpaired) electrons. The molecule has 2 aromatic rings. The van der Waals surface area contributed by atoms with Crippen LogP contribution < -0.4 is 14.8 Å². The molecule has 7 heteroatoms. The van der Waals surface area contributed by atoms with Crippen molar-refractivity contribution >= 4 is 15.9 Å². The molecule has 0 heterocycles. The smallest absolute Gasteiger partial charge is 0.241 e. The summed E-state index contributed by atoms with van der Waals surface area (Å²) < 4.78 is 33.7. The molecule has 2 rings (SSSR count). The van der Waals surface area contributed by atoms with Crippen LogP contribution in [-0.2, 0) is 21.2 Å². The molecule has 6 nitrogen and oxygen atoms in total. The van der Waals surface area contributed by atoms with E-state index in [0.717, 1.165) is 18.4 Å². The molecular formula is C22H30N2O4S. The molecule has 0 aliphatic rings. The lowest BCUT2D eigenvalue weighted by Crippen LogP contribution is -2.50. The van der Waals surface area contributed by atoms with Crippen molar-refractivity contribution in [3.05, 3.63) is 59.7 Å². The second-order valence-corrected chi connectivity index (χ2v) is 8.91. The molecular weight excluding hydrogens is 388 g/mol. The summed E-state index contributed by atoms with van der Waals surface area (Å²) in [5, 5.41) is 2.92. The average Bonchev–Trinajstić information content (AvgIpc) is 2.68. The first-order chi connectivity index (χ1) is 13.8. The van der Waals surface area contributed by atoms with Crippen LogP contribution in [0.1, 0.15) is 37.8 Å². The Morgan fingerprint density at radius 1 is 1.14 bits per heavy atom. The van der Waals surface area contributed by atoms with Gasteiger partial charge in [-0.25, -0.2) is 8.42 Å². The van der Waals surface area contributed by atoms with Gasteiger partial charge in [0.2, 0.25) is 15.9 Å². The molecule has 0 saturated heterocycles. The van der Waals surface area contributed by atoms with Crippen molar-refractivity contribution in [1.82, 2.24) is 10.0 Å². The summed E-state index contributed by atoms with van der Waals surface area (Å²) in [6.07, 6.45) is 2.02. The van der Waals surface area contributed by atoms with Crippen LogP contribution in [0.25, 0.3) is 0 Å². The first-order valence-electron chi connectivity index (χ1n) is 9.78. The first-order valence-corrected chi connectivity index (χ1v) is 11.3. The summed E-state index contributed by atoms with van der Waals surface area (Å²) >= 11 is 0. The molecule has 0 aromatic heterocycles. The van der Waals surface area contributed by atoms with Crippen molar-refractivity contribution in [1.29, 1.82) is 0 Å². The van der Waals surface area contributed by atoms with Gasteiger partial charge in [0.15, 0.2) is 0 Å². The highest BCUT2D eigenvalue weighted by atomic mass is 32.2. The Balaban J connectivity index is 2.27. The number of aryl methyl sites for hydroxylation is 1. The normalized spacial score (nSPS) is 13.5. The number of benzene rings is 2. The van der Waals surface area contributed by atoms with Gasteiger partial charge in [0.25, 0.3) is 0 Å². The molecule has 0 saturated carbocycles. The third-order valence-electron chi connectivity index (χ3n) is 4.68. The van der Waals surface area contributed by atoms with E-state index in [2.05, 4.69) is 10.0 Å². The van der Waals surface area contributed by atoms with Gasteiger partial charge in [0.1, 0.15) is 11.8 Å². The van der Waals surface area contributed by atoms with Crippen LogP contribution in [0.4, 0.5) is 0 Å². The fourth-order valence-electron chi connectivity index (χ4n) is 3.16. The molecule has 0 spiro atoms. The molecule has 0 aliphatic carbocycles. The lowest BCUT2D eigenvalue weighted by molar-refractivity contribution is -0.123. The highest BCUT2D eigenvalue weighted by molar-refractivity contribution is 7.89. The molecule has 158 valence electrons. The summed E-state index contributed by atoms with van der Waals surface area (Å²) in [6, 6.07) is 13.1. The summed E-state index contributed by atoms with van der Waals surface area (Å²) in [4.78, 5) is 13.0. The highest BCUT2D eigenvalue weighted by Gasteiger charge is 2.27. The highest BCUT2D eigenvalue weighted by Crippen LogP contribution is 2.21. The zero-order chi connectivity index (χ0) is 21.4. The number of carbonyl (C=O) groups is 1. The van der Waals surface area contributed by atoms with E-state index >= 15 is 0 Å². The van der Waals surface area contributed by atoms with E-state index in [0.29, 0.717) is 11.3 Å². The van der Waals surface area contributed by atoms with Gasteiger partial charge >= 0.3 is 0 Å². The van der Waals surface area contributed by atoms with Crippen molar-refractivity contribution in [2.45, 2.75) is 57.0 Å². The van der Waals surface area contributed by atoms with Gasteiger partial charge in [-0.05, 0) is 56.0 Å². The van der Waals surface area contributed by atoms with E-state index < -0.39 is 16.1 Å². The molecule has 0 fully saturated rings. The maximum atomic E-state index is 13.0. The number of methoxy groups -OCH3 is 1.